The van der Waals surface area contributed by atoms with Crippen LogP contribution in [0.5, 0.6) is 0 Å². The highest BCUT2D eigenvalue weighted by Crippen LogP contribution is 2.20. The molecule has 9 heteroatoms. The van der Waals surface area contributed by atoms with E-state index >= 15 is 0 Å². The van der Waals surface area contributed by atoms with Crippen molar-refractivity contribution in [2.24, 2.45) is 0 Å². The first-order valence-electron chi connectivity index (χ1n) is 35.7. The number of carboxylic acids is 1. The van der Waals surface area contributed by atoms with E-state index in [0.717, 1.165) is 38.5 Å². The number of carboxylic acid groups (broad SMARTS) is 1. The van der Waals surface area contributed by atoms with Gasteiger partial charge in [0.2, 0.25) is 0 Å². The van der Waals surface area contributed by atoms with Gasteiger partial charge in [-0.25, -0.2) is 0 Å². The molecule has 0 saturated carbocycles. The molecule has 0 rings (SSSR count). The Bertz CT molecular complexity index is 1270. The lowest BCUT2D eigenvalue weighted by Crippen LogP contribution is -2.44. The molecule has 80 heavy (non-hydrogen) atoms. The predicted octanol–water partition coefficient (Wildman–Crippen LogP) is 20.5. The van der Waals surface area contributed by atoms with E-state index < -0.39 is 24.3 Å². The molecule has 0 aliphatic carbocycles. The highest BCUT2D eigenvalue weighted by Gasteiger charge is 2.22. The van der Waals surface area contributed by atoms with Gasteiger partial charge in [0.15, 0.2) is 12.4 Å². The fraction of sp³-hybridized carbons (Fsp3) is 0.958. The normalized spacial score (nSPS) is 12.6. The fourth-order valence-electron chi connectivity index (χ4n) is 11.1. The summed E-state index contributed by atoms with van der Waals surface area (Å²) >= 11 is 0. The lowest BCUT2D eigenvalue weighted by atomic mass is 10.0. The SMILES string of the molecule is CCCCCCCCCCCCCCCCCCCCCCCCCCCCCCCCCCCCCCCCCCC(=O)OC(COC(=O)CCCCCCCCCCCCCCCCC)COC(OCC[N+](C)(C)C)C(=O)[O-]. The Morgan fingerprint density at radius 3 is 0.800 bits per heavy atom. The number of unbranched alkanes of at least 4 members (excludes halogenated alkanes) is 53. The molecule has 0 aliphatic rings. The van der Waals surface area contributed by atoms with Crippen LogP contribution in [0.1, 0.15) is 380 Å². The third-order valence-electron chi connectivity index (χ3n) is 16.6. The minimum atomic E-state index is -1.61. The molecule has 0 N–H and O–H groups in total. The summed E-state index contributed by atoms with van der Waals surface area (Å²) in [6, 6.07) is 0. The predicted molar refractivity (Wildman–Crippen MR) is 339 cm³/mol. The van der Waals surface area contributed by atoms with Crippen LogP contribution in [0.4, 0.5) is 0 Å². The quantitative estimate of drug-likeness (QED) is 0.0256. The second-order valence-electron chi connectivity index (χ2n) is 25.9. The summed E-state index contributed by atoms with van der Waals surface area (Å²) in [6.45, 7) is 4.83. The van der Waals surface area contributed by atoms with Crippen LogP contribution in [0, 0.1) is 0 Å². The third-order valence-corrected chi connectivity index (χ3v) is 16.6. The molecule has 476 valence electrons. The lowest BCUT2D eigenvalue weighted by molar-refractivity contribution is -0.870. The van der Waals surface area contributed by atoms with E-state index in [2.05, 4.69) is 13.8 Å². The number of ether oxygens (including phenoxy) is 4. The van der Waals surface area contributed by atoms with Crippen LogP contribution in [-0.2, 0) is 33.3 Å². The number of carbonyl (C=O) groups is 3. The van der Waals surface area contributed by atoms with Crippen molar-refractivity contribution < 1.29 is 42.9 Å². The first-order chi connectivity index (χ1) is 39.1. The van der Waals surface area contributed by atoms with Gasteiger partial charge in [-0.1, -0.05) is 354 Å². The maximum absolute atomic E-state index is 12.9. The molecule has 0 spiro atoms. The highest BCUT2D eigenvalue weighted by atomic mass is 16.7. The van der Waals surface area contributed by atoms with E-state index in [-0.39, 0.29) is 32.2 Å². The van der Waals surface area contributed by atoms with E-state index in [4.69, 9.17) is 18.9 Å². The van der Waals surface area contributed by atoms with Crippen molar-refractivity contribution in [1.29, 1.82) is 0 Å². The topological polar surface area (TPSA) is 111 Å². The molecule has 0 aromatic rings. The van der Waals surface area contributed by atoms with Crippen molar-refractivity contribution in [3.63, 3.8) is 0 Å². The Morgan fingerprint density at radius 1 is 0.325 bits per heavy atom. The smallest absolute Gasteiger partial charge is 0.306 e. The third kappa shape index (κ3) is 63.9. The van der Waals surface area contributed by atoms with E-state index in [1.54, 1.807) is 0 Å². The Balaban J connectivity index is 3.87. The molecule has 0 heterocycles. The van der Waals surface area contributed by atoms with Crippen molar-refractivity contribution in [3.8, 4) is 0 Å². The molecule has 2 unspecified atom stereocenters. The van der Waals surface area contributed by atoms with E-state index in [1.165, 1.54) is 315 Å². The van der Waals surface area contributed by atoms with Crippen molar-refractivity contribution in [2.75, 3.05) is 47.5 Å². The zero-order valence-corrected chi connectivity index (χ0v) is 54.5. The maximum Gasteiger partial charge on any atom is 0.306 e. The molecule has 2 atom stereocenters. The summed E-state index contributed by atoms with van der Waals surface area (Å²) in [4.78, 5) is 37.4. The van der Waals surface area contributed by atoms with Gasteiger partial charge in [-0.05, 0) is 12.8 Å². The molecule has 0 aliphatic heterocycles. The van der Waals surface area contributed by atoms with Crippen LogP contribution in [-0.4, -0.2) is 82.3 Å². The van der Waals surface area contributed by atoms with Crippen LogP contribution >= 0.6 is 0 Å². The number of carbonyl (C=O) groups excluding carboxylic acids is 3. The van der Waals surface area contributed by atoms with Gasteiger partial charge in [-0.15, -0.1) is 0 Å². The summed E-state index contributed by atoms with van der Waals surface area (Å²) in [5.74, 6) is -2.25. The molecule has 0 amide bonds. The summed E-state index contributed by atoms with van der Waals surface area (Å²) < 4.78 is 22.8. The highest BCUT2D eigenvalue weighted by molar-refractivity contribution is 5.70. The number of hydrogen-bond acceptors (Lipinski definition) is 8. The first kappa shape index (κ1) is 78.3. The largest absolute Gasteiger partial charge is 0.545 e. The molecule has 9 nitrogen and oxygen atoms in total. The summed E-state index contributed by atoms with van der Waals surface area (Å²) in [5.41, 5.74) is 0. The zero-order valence-electron chi connectivity index (χ0n) is 54.5. The minimum absolute atomic E-state index is 0.153. The van der Waals surface area contributed by atoms with Gasteiger partial charge in [0.05, 0.1) is 40.3 Å². The van der Waals surface area contributed by atoms with Gasteiger partial charge < -0.3 is 33.3 Å². The summed E-state index contributed by atoms with van der Waals surface area (Å²) in [7, 11) is 5.94. The standard InChI is InChI=1S/C71H139NO8/c1-6-8-10-12-14-16-18-20-22-23-24-25-26-27-28-29-30-31-32-33-34-35-36-37-38-39-40-41-42-43-44-45-46-48-50-52-54-56-58-60-62-69(74)80-67(66-79-71(70(75)76)77-64-63-72(3,4)5)65-78-68(73)61-59-57-55-53-51-49-47-21-19-17-15-13-11-9-7-2/h67,71H,6-66H2,1-5H3. The van der Waals surface area contributed by atoms with Crippen molar-refractivity contribution in [2.45, 2.75) is 392 Å². The lowest BCUT2D eigenvalue weighted by Gasteiger charge is -2.26. The van der Waals surface area contributed by atoms with Crippen LogP contribution in [0.15, 0.2) is 0 Å². The molecular weight excluding hydrogens is 995 g/mol. The Kier molecular flexibility index (Phi) is 62.0. The van der Waals surface area contributed by atoms with Crippen molar-refractivity contribution in [3.05, 3.63) is 0 Å². The molecular formula is C71H139NO8. The number of quaternary nitrogens is 1. The van der Waals surface area contributed by atoms with Crippen molar-refractivity contribution in [1.82, 2.24) is 0 Å². The molecule has 0 aromatic heterocycles. The summed E-state index contributed by atoms with van der Waals surface area (Å²) in [5, 5.41) is 11.8. The molecule has 0 saturated heterocycles. The van der Waals surface area contributed by atoms with Crippen LogP contribution in [0.2, 0.25) is 0 Å². The van der Waals surface area contributed by atoms with Crippen molar-refractivity contribution >= 4 is 17.9 Å². The van der Waals surface area contributed by atoms with Crippen LogP contribution in [0.25, 0.3) is 0 Å². The average Bonchev–Trinajstić information content (AvgIpc) is 3.43. The number of hydrogen-bond donors (Lipinski definition) is 0. The van der Waals surface area contributed by atoms with Gasteiger partial charge in [-0.2, -0.15) is 0 Å². The Morgan fingerprint density at radius 2 is 0.562 bits per heavy atom. The number of rotatable bonds is 68. The van der Waals surface area contributed by atoms with Gasteiger partial charge in [0.25, 0.3) is 0 Å². The van der Waals surface area contributed by atoms with Crippen LogP contribution < -0.4 is 5.11 Å². The number of aliphatic carboxylic acids is 1. The van der Waals surface area contributed by atoms with E-state index in [1.807, 2.05) is 21.1 Å². The number of esters is 2. The van der Waals surface area contributed by atoms with E-state index in [0.29, 0.717) is 17.4 Å². The monoisotopic (exact) mass is 1130 g/mol. The van der Waals surface area contributed by atoms with Crippen LogP contribution in [0.3, 0.4) is 0 Å². The molecule has 0 bridgehead atoms. The van der Waals surface area contributed by atoms with Gasteiger partial charge >= 0.3 is 11.9 Å². The number of nitrogens with zero attached hydrogens (tertiary/aromatic N) is 1. The zero-order chi connectivity index (χ0) is 58.3. The van der Waals surface area contributed by atoms with Gasteiger partial charge in [0, 0.05) is 12.8 Å². The Labute approximate surface area is 498 Å². The molecule has 0 fully saturated rings. The second-order valence-corrected chi connectivity index (χ2v) is 25.9. The fourth-order valence-corrected chi connectivity index (χ4v) is 11.1. The minimum Gasteiger partial charge on any atom is -0.545 e. The second kappa shape index (κ2) is 63.3. The van der Waals surface area contributed by atoms with Gasteiger partial charge in [-0.3, -0.25) is 9.59 Å². The Hall–Kier alpha value is -1.71. The van der Waals surface area contributed by atoms with Gasteiger partial charge in [0.1, 0.15) is 13.2 Å². The average molecular weight is 1130 g/mol. The maximum atomic E-state index is 12.9. The van der Waals surface area contributed by atoms with E-state index in [9.17, 15) is 19.5 Å². The number of likely N-dealkylation sites (N-methyl/N-ethyl adjacent to an activating group) is 1. The molecule has 0 radical (unpaired) electrons. The molecule has 0 aromatic carbocycles. The summed E-state index contributed by atoms with van der Waals surface area (Å²) in [6.07, 6.45) is 72.2. The first-order valence-corrected chi connectivity index (χ1v) is 35.7.